The van der Waals surface area contributed by atoms with Crippen molar-refractivity contribution >= 4 is 12.0 Å². The lowest BCUT2D eigenvalue weighted by Gasteiger charge is -2.31. The zero-order valence-electron chi connectivity index (χ0n) is 19.4. The van der Waals surface area contributed by atoms with Gasteiger partial charge in [0, 0.05) is 13.0 Å². The third-order valence-electron chi connectivity index (χ3n) is 5.28. The van der Waals surface area contributed by atoms with Crippen molar-refractivity contribution in [2.75, 3.05) is 11.9 Å². The van der Waals surface area contributed by atoms with E-state index in [1.807, 2.05) is 6.07 Å². The fourth-order valence-electron chi connectivity index (χ4n) is 3.56. The maximum atomic E-state index is 13.2. The topological polar surface area (TPSA) is 100 Å². The Hall–Kier alpha value is -3.55. The lowest BCUT2D eigenvalue weighted by atomic mass is 10.1. The third-order valence-corrected chi connectivity index (χ3v) is 5.28. The first-order valence-electron chi connectivity index (χ1n) is 10.7. The number of anilines is 1. The second kappa shape index (κ2) is 9.37. The molecule has 0 radical (unpaired) electrons. The molecule has 1 aliphatic rings. The Morgan fingerprint density at radius 1 is 1.26 bits per heavy atom. The minimum Gasteiger partial charge on any atom is -0.444 e. The predicted molar refractivity (Wildman–Crippen MR) is 118 cm³/mol. The Morgan fingerprint density at radius 3 is 2.47 bits per heavy atom. The zero-order chi connectivity index (χ0) is 25.3. The number of nitrogens with one attached hydrogen (secondary N) is 1. The van der Waals surface area contributed by atoms with E-state index in [0.717, 1.165) is 16.7 Å². The largest absolute Gasteiger partial charge is 0.444 e. The summed E-state index contributed by atoms with van der Waals surface area (Å²) in [6.45, 7) is 7.00. The number of carbonyl (C=O) groups is 1. The van der Waals surface area contributed by atoms with Crippen molar-refractivity contribution in [2.24, 2.45) is 0 Å². The maximum absolute atomic E-state index is 13.2. The molecule has 1 atom stereocenters. The van der Waals surface area contributed by atoms with Crippen molar-refractivity contribution in [1.29, 1.82) is 5.26 Å². The number of halogens is 3. The van der Waals surface area contributed by atoms with Gasteiger partial charge in [0.1, 0.15) is 12.1 Å². The lowest BCUT2D eigenvalue weighted by molar-refractivity contribution is -0.137. The predicted octanol–water partition coefficient (Wildman–Crippen LogP) is 4.25. The van der Waals surface area contributed by atoms with Gasteiger partial charge in [-0.2, -0.15) is 18.4 Å². The summed E-state index contributed by atoms with van der Waals surface area (Å²) in [6, 6.07) is 6.12. The van der Waals surface area contributed by atoms with Crippen molar-refractivity contribution < 1.29 is 22.7 Å². The van der Waals surface area contributed by atoms with E-state index in [4.69, 9.17) is 4.74 Å². The average molecular weight is 477 g/mol. The van der Waals surface area contributed by atoms with Crippen LogP contribution in [0.3, 0.4) is 0 Å². The molecule has 0 saturated heterocycles. The van der Waals surface area contributed by atoms with Gasteiger partial charge < -0.3 is 15.0 Å². The molecule has 1 N–H and O–H groups in total. The standard InChI is InChI=1S/C23H26F3N5O3/c1-14(15-5-7-16(8-6-15)23(24,25)26)28-20-29-18-9-11-30(21(33)34-22(2,3)4)13-17(18)19(32)31(20)12-10-27/h5-8,14H,9,11-13H2,1-4H3,(H,28,29). The van der Waals surface area contributed by atoms with E-state index in [1.165, 1.54) is 17.0 Å². The number of nitrogens with zero attached hydrogens (tertiary/aromatic N) is 4. The molecule has 8 nitrogen and oxygen atoms in total. The highest BCUT2D eigenvalue weighted by Gasteiger charge is 2.31. The SMILES string of the molecule is CC(Nc1nc2c(c(=O)n1CC#N)CN(C(=O)OC(C)(C)C)CC2)c1ccc(C(F)(F)F)cc1. The van der Waals surface area contributed by atoms with Crippen molar-refractivity contribution in [3.8, 4) is 6.07 Å². The number of aromatic nitrogens is 2. The Labute approximate surface area is 195 Å². The molecule has 0 aliphatic carbocycles. The Balaban J connectivity index is 1.88. The van der Waals surface area contributed by atoms with Crippen LogP contribution in [0.1, 0.15) is 56.1 Å². The van der Waals surface area contributed by atoms with Gasteiger partial charge in [-0.25, -0.2) is 9.78 Å². The summed E-state index contributed by atoms with van der Waals surface area (Å²) < 4.78 is 45.1. The van der Waals surface area contributed by atoms with Gasteiger partial charge in [0.15, 0.2) is 0 Å². The van der Waals surface area contributed by atoms with E-state index in [-0.39, 0.29) is 19.0 Å². The number of fused-ring (bicyclic) bond motifs is 1. The molecule has 1 amide bonds. The summed E-state index contributed by atoms with van der Waals surface area (Å²) in [4.78, 5) is 31.6. The second-order valence-corrected chi connectivity index (χ2v) is 9.05. The summed E-state index contributed by atoms with van der Waals surface area (Å²) in [6.07, 6.45) is -4.65. The first kappa shape index (κ1) is 25.1. The highest BCUT2D eigenvalue weighted by atomic mass is 19.4. The molecule has 1 aromatic heterocycles. The van der Waals surface area contributed by atoms with Crippen molar-refractivity contribution in [3.05, 3.63) is 57.0 Å². The molecule has 1 aliphatic heterocycles. The van der Waals surface area contributed by atoms with E-state index < -0.39 is 35.0 Å². The van der Waals surface area contributed by atoms with Gasteiger partial charge in [-0.3, -0.25) is 9.36 Å². The van der Waals surface area contributed by atoms with Crippen molar-refractivity contribution in [1.82, 2.24) is 14.5 Å². The molecule has 3 rings (SSSR count). The fourth-order valence-corrected chi connectivity index (χ4v) is 3.56. The molecule has 2 heterocycles. The molecule has 2 aromatic rings. The lowest BCUT2D eigenvalue weighted by Crippen LogP contribution is -2.43. The van der Waals surface area contributed by atoms with Crippen LogP contribution in [-0.2, 0) is 30.4 Å². The normalized spacial score (nSPS) is 14.7. The van der Waals surface area contributed by atoms with Crippen LogP contribution in [0, 0.1) is 11.3 Å². The molecular formula is C23H26F3N5O3. The van der Waals surface area contributed by atoms with Crippen LogP contribution in [-0.4, -0.2) is 32.7 Å². The number of hydrogen-bond acceptors (Lipinski definition) is 6. The van der Waals surface area contributed by atoms with Crippen molar-refractivity contribution in [2.45, 2.75) is 65.0 Å². The molecule has 0 saturated carbocycles. The van der Waals surface area contributed by atoms with E-state index >= 15 is 0 Å². The second-order valence-electron chi connectivity index (χ2n) is 9.05. The van der Waals surface area contributed by atoms with Gasteiger partial charge in [0.2, 0.25) is 5.95 Å². The van der Waals surface area contributed by atoms with E-state index in [2.05, 4.69) is 10.3 Å². The van der Waals surface area contributed by atoms with Crippen LogP contribution in [0.5, 0.6) is 0 Å². The van der Waals surface area contributed by atoms with E-state index in [0.29, 0.717) is 29.8 Å². The number of rotatable bonds is 4. The van der Waals surface area contributed by atoms with Gasteiger partial charge in [0.25, 0.3) is 5.56 Å². The van der Waals surface area contributed by atoms with Gasteiger partial charge in [0.05, 0.1) is 35.5 Å². The Bertz CT molecular complexity index is 1160. The minimum atomic E-state index is -4.43. The monoisotopic (exact) mass is 477 g/mol. The summed E-state index contributed by atoms with van der Waals surface area (Å²) in [5.41, 5.74) is -0.534. The van der Waals surface area contributed by atoms with Crippen LogP contribution in [0.25, 0.3) is 0 Å². The number of benzene rings is 1. The van der Waals surface area contributed by atoms with E-state index in [9.17, 15) is 28.0 Å². The quantitative estimate of drug-likeness (QED) is 0.707. The molecule has 34 heavy (non-hydrogen) atoms. The van der Waals surface area contributed by atoms with Crippen molar-refractivity contribution in [3.63, 3.8) is 0 Å². The van der Waals surface area contributed by atoms with Gasteiger partial charge in [-0.1, -0.05) is 12.1 Å². The number of carbonyl (C=O) groups excluding carboxylic acids is 1. The number of nitriles is 1. The number of alkyl halides is 3. The van der Waals surface area contributed by atoms with Gasteiger partial charge in [-0.05, 0) is 45.4 Å². The van der Waals surface area contributed by atoms with Crippen LogP contribution in [0.2, 0.25) is 0 Å². The highest BCUT2D eigenvalue weighted by Crippen LogP contribution is 2.30. The van der Waals surface area contributed by atoms with Gasteiger partial charge in [-0.15, -0.1) is 0 Å². The zero-order valence-corrected chi connectivity index (χ0v) is 19.4. The van der Waals surface area contributed by atoms with Crippen LogP contribution in [0.15, 0.2) is 29.1 Å². The fraction of sp³-hybridized carbons (Fsp3) is 0.478. The average Bonchev–Trinajstić information content (AvgIpc) is 2.74. The van der Waals surface area contributed by atoms with Gasteiger partial charge >= 0.3 is 12.3 Å². The molecule has 0 spiro atoms. The molecule has 1 unspecified atom stereocenters. The maximum Gasteiger partial charge on any atom is 0.416 e. The first-order chi connectivity index (χ1) is 15.8. The molecule has 182 valence electrons. The summed E-state index contributed by atoms with van der Waals surface area (Å²) in [7, 11) is 0. The number of ether oxygens (including phenoxy) is 1. The van der Waals surface area contributed by atoms with E-state index in [1.54, 1.807) is 27.7 Å². The Kier molecular flexibility index (Phi) is 6.91. The molecular weight excluding hydrogens is 451 g/mol. The third kappa shape index (κ3) is 5.68. The minimum absolute atomic E-state index is 0.0102. The summed E-state index contributed by atoms with van der Waals surface area (Å²) in [5, 5.41) is 12.3. The van der Waals surface area contributed by atoms with Crippen LogP contribution < -0.4 is 10.9 Å². The molecule has 0 bridgehead atoms. The smallest absolute Gasteiger partial charge is 0.416 e. The number of hydrogen-bond donors (Lipinski definition) is 1. The van der Waals surface area contributed by atoms with Crippen LogP contribution in [0.4, 0.5) is 23.9 Å². The van der Waals surface area contributed by atoms with Crippen LogP contribution >= 0.6 is 0 Å². The number of amides is 1. The molecule has 0 fully saturated rings. The highest BCUT2D eigenvalue weighted by molar-refractivity contribution is 5.68. The summed E-state index contributed by atoms with van der Waals surface area (Å²) >= 11 is 0. The Morgan fingerprint density at radius 2 is 1.91 bits per heavy atom. The summed E-state index contributed by atoms with van der Waals surface area (Å²) in [5.74, 6) is 0.142. The first-order valence-corrected chi connectivity index (χ1v) is 10.7. The molecule has 11 heteroatoms. The molecule has 1 aromatic carbocycles.